The molecular formula is C21H26N4O3. The number of nitrogens with zero attached hydrogens (tertiary/aromatic N) is 3. The normalized spacial score (nSPS) is 11.3. The average molecular weight is 382 g/mol. The lowest BCUT2D eigenvalue weighted by molar-refractivity contribution is 0.0947. The Hall–Kier alpha value is -3.09. The van der Waals surface area contributed by atoms with Crippen LogP contribution in [0.15, 0.2) is 40.3 Å². The number of aromatic nitrogens is 3. The van der Waals surface area contributed by atoms with Crippen LogP contribution in [0.4, 0.5) is 0 Å². The second-order valence-corrected chi connectivity index (χ2v) is 7.34. The maximum absolute atomic E-state index is 13.0. The molecule has 1 amide bonds. The van der Waals surface area contributed by atoms with Gasteiger partial charge in [-0.1, -0.05) is 19.9 Å². The number of allylic oxidation sites excluding steroid dienone is 1. The van der Waals surface area contributed by atoms with Crippen molar-refractivity contribution in [1.29, 1.82) is 0 Å². The minimum atomic E-state index is -0.282. The number of aryl methyl sites for hydroxylation is 2. The van der Waals surface area contributed by atoms with Gasteiger partial charge in [0.1, 0.15) is 17.2 Å². The van der Waals surface area contributed by atoms with Crippen LogP contribution in [0.5, 0.6) is 0 Å². The van der Waals surface area contributed by atoms with E-state index < -0.39 is 0 Å². The Bertz CT molecular complexity index is 1090. The third kappa shape index (κ3) is 3.78. The predicted molar refractivity (Wildman–Crippen MR) is 109 cm³/mol. The Morgan fingerprint density at radius 3 is 2.71 bits per heavy atom. The van der Waals surface area contributed by atoms with Crippen molar-refractivity contribution in [1.82, 2.24) is 19.3 Å². The van der Waals surface area contributed by atoms with Crippen LogP contribution in [0, 0.1) is 19.8 Å². The van der Waals surface area contributed by atoms with Crippen LogP contribution in [0.1, 0.15) is 42.3 Å². The number of nitrogens with one attached hydrogen (secondary N) is 1. The zero-order valence-electron chi connectivity index (χ0n) is 16.8. The van der Waals surface area contributed by atoms with Gasteiger partial charge >= 0.3 is 0 Å². The first kappa shape index (κ1) is 19.7. The van der Waals surface area contributed by atoms with E-state index in [4.69, 9.17) is 4.42 Å². The molecule has 0 atom stereocenters. The molecule has 0 fully saturated rings. The van der Waals surface area contributed by atoms with Crippen molar-refractivity contribution in [3.63, 3.8) is 0 Å². The number of imidazole rings is 1. The first-order chi connectivity index (χ1) is 13.3. The summed E-state index contributed by atoms with van der Waals surface area (Å²) in [5.41, 5.74) is 1.67. The van der Waals surface area contributed by atoms with E-state index in [1.54, 1.807) is 27.4 Å². The van der Waals surface area contributed by atoms with E-state index in [0.717, 1.165) is 23.5 Å². The van der Waals surface area contributed by atoms with Crippen molar-refractivity contribution < 1.29 is 9.21 Å². The first-order valence-corrected chi connectivity index (χ1v) is 9.40. The molecule has 7 heteroatoms. The van der Waals surface area contributed by atoms with E-state index in [0.29, 0.717) is 24.7 Å². The summed E-state index contributed by atoms with van der Waals surface area (Å²) in [7, 11) is 0. The second-order valence-electron chi connectivity index (χ2n) is 7.34. The maximum atomic E-state index is 13.0. The highest BCUT2D eigenvalue weighted by Gasteiger charge is 2.18. The lowest BCUT2D eigenvalue weighted by Gasteiger charge is -2.11. The minimum Gasteiger partial charge on any atom is -0.466 e. The Balaban J connectivity index is 2.07. The van der Waals surface area contributed by atoms with Gasteiger partial charge in [-0.15, -0.1) is 6.58 Å². The molecule has 0 saturated carbocycles. The molecule has 3 heterocycles. The molecule has 0 aromatic carbocycles. The molecule has 0 bridgehead atoms. The number of hydrogen-bond donors (Lipinski definition) is 1. The lowest BCUT2D eigenvalue weighted by atomic mass is 10.1. The molecule has 3 aromatic rings. The number of fused-ring (bicyclic) bond motifs is 1. The van der Waals surface area contributed by atoms with Gasteiger partial charge in [-0.2, -0.15) is 0 Å². The second kappa shape index (κ2) is 7.88. The summed E-state index contributed by atoms with van der Waals surface area (Å²) in [5.74, 6) is 1.70. The van der Waals surface area contributed by atoms with Crippen LogP contribution >= 0.6 is 0 Å². The number of hydrogen-bond acceptors (Lipinski definition) is 4. The van der Waals surface area contributed by atoms with Crippen LogP contribution in [-0.2, 0) is 6.54 Å². The minimum absolute atomic E-state index is 0.206. The quantitative estimate of drug-likeness (QED) is 0.636. The fourth-order valence-electron chi connectivity index (χ4n) is 3.17. The first-order valence-electron chi connectivity index (χ1n) is 9.40. The molecule has 0 aliphatic heterocycles. The van der Waals surface area contributed by atoms with Gasteiger partial charge < -0.3 is 9.73 Å². The molecule has 3 aromatic heterocycles. The summed E-state index contributed by atoms with van der Waals surface area (Å²) in [6.45, 7) is 12.6. The molecule has 0 saturated heterocycles. The van der Waals surface area contributed by atoms with Gasteiger partial charge in [0, 0.05) is 31.0 Å². The van der Waals surface area contributed by atoms with Gasteiger partial charge in [0.25, 0.3) is 11.5 Å². The Labute approximate surface area is 163 Å². The number of rotatable bonds is 7. The smallest absolute Gasteiger partial charge is 0.295 e. The third-order valence-corrected chi connectivity index (χ3v) is 4.59. The fraction of sp³-hybridized carbons (Fsp3) is 0.381. The molecular weight excluding hydrogens is 356 g/mol. The van der Waals surface area contributed by atoms with Crippen LogP contribution in [0.3, 0.4) is 0 Å². The lowest BCUT2D eigenvalue weighted by Crippen LogP contribution is -2.26. The molecule has 1 N–H and O–H groups in total. The molecule has 28 heavy (non-hydrogen) atoms. The van der Waals surface area contributed by atoms with E-state index in [1.165, 1.54) is 0 Å². The van der Waals surface area contributed by atoms with Gasteiger partial charge in [-0.25, -0.2) is 4.98 Å². The zero-order chi connectivity index (χ0) is 20.4. The number of amides is 1. The average Bonchev–Trinajstić information content (AvgIpc) is 3.20. The maximum Gasteiger partial charge on any atom is 0.295 e. The van der Waals surface area contributed by atoms with E-state index in [1.807, 2.05) is 19.9 Å². The SMILES string of the molecule is C=CCn1c(-c2cc(C)oc2C)cn2cc(C(=O)NCCC(C)C)nc2c1=O. The monoisotopic (exact) mass is 382 g/mol. The summed E-state index contributed by atoms with van der Waals surface area (Å²) in [6, 6.07) is 1.89. The molecule has 7 nitrogen and oxygen atoms in total. The van der Waals surface area contributed by atoms with Crippen LogP contribution in [0.2, 0.25) is 0 Å². The highest BCUT2D eigenvalue weighted by molar-refractivity contribution is 5.92. The van der Waals surface area contributed by atoms with Crippen LogP contribution in [-0.4, -0.2) is 26.4 Å². The summed E-state index contributed by atoms with van der Waals surface area (Å²) in [5, 5.41) is 2.85. The van der Waals surface area contributed by atoms with Gasteiger partial charge in [-0.05, 0) is 32.3 Å². The largest absolute Gasteiger partial charge is 0.466 e. The number of carbonyl (C=O) groups excluding carboxylic acids is 1. The summed E-state index contributed by atoms with van der Waals surface area (Å²) < 4.78 is 8.83. The predicted octanol–water partition coefficient (Wildman–Crippen LogP) is 3.33. The Kier molecular flexibility index (Phi) is 5.53. The van der Waals surface area contributed by atoms with Gasteiger partial charge in [0.05, 0.1) is 5.69 Å². The number of carbonyl (C=O) groups is 1. The molecule has 0 aliphatic carbocycles. The molecule has 3 rings (SSSR count). The van der Waals surface area contributed by atoms with Crippen molar-refractivity contribution in [2.75, 3.05) is 6.54 Å². The van der Waals surface area contributed by atoms with Crippen LogP contribution < -0.4 is 10.9 Å². The summed E-state index contributed by atoms with van der Waals surface area (Å²) >= 11 is 0. The van der Waals surface area contributed by atoms with E-state index in [9.17, 15) is 9.59 Å². The Morgan fingerprint density at radius 2 is 2.11 bits per heavy atom. The highest BCUT2D eigenvalue weighted by atomic mass is 16.3. The third-order valence-electron chi connectivity index (χ3n) is 4.59. The van der Waals surface area contributed by atoms with Crippen molar-refractivity contribution in [3.8, 4) is 11.3 Å². The molecule has 0 radical (unpaired) electrons. The van der Waals surface area contributed by atoms with Crippen molar-refractivity contribution in [2.24, 2.45) is 5.92 Å². The molecule has 0 aliphatic rings. The standard InChI is InChI=1S/C21H26N4O3/c1-6-9-25-18(16-10-14(4)28-15(16)5)12-24-11-17(23-19(24)21(25)27)20(26)22-8-7-13(2)3/h6,10-13H,1,7-9H2,2-5H3,(H,22,26). The van der Waals surface area contributed by atoms with E-state index >= 15 is 0 Å². The van der Waals surface area contributed by atoms with Gasteiger partial charge in [-0.3, -0.25) is 18.6 Å². The molecule has 148 valence electrons. The highest BCUT2D eigenvalue weighted by Crippen LogP contribution is 2.26. The molecule has 0 spiro atoms. The summed E-state index contributed by atoms with van der Waals surface area (Å²) in [6.07, 6.45) is 5.93. The fourth-order valence-corrected chi connectivity index (χ4v) is 3.17. The van der Waals surface area contributed by atoms with E-state index in [-0.39, 0.29) is 22.8 Å². The molecule has 0 unspecified atom stereocenters. The Morgan fingerprint density at radius 1 is 1.36 bits per heavy atom. The van der Waals surface area contributed by atoms with Gasteiger partial charge in [0.2, 0.25) is 5.65 Å². The van der Waals surface area contributed by atoms with Crippen LogP contribution in [0.25, 0.3) is 16.9 Å². The van der Waals surface area contributed by atoms with Crippen molar-refractivity contribution >= 4 is 11.6 Å². The van der Waals surface area contributed by atoms with Gasteiger partial charge in [0.15, 0.2) is 0 Å². The van der Waals surface area contributed by atoms with Crippen molar-refractivity contribution in [3.05, 3.63) is 58.7 Å². The topological polar surface area (TPSA) is 81.5 Å². The summed E-state index contributed by atoms with van der Waals surface area (Å²) in [4.78, 5) is 29.7. The van der Waals surface area contributed by atoms with E-state index in [2.05, 4.69) is 30.7 Å². The van der Waals surface area contributed by atoms with Crippen molar-refractivity contribution in [2.45, 2.75) is 40.7 Å². The zero-order valence-corrected chi connectivity index (χ0v) is 16.8. The number of furan rings is 1.